The molecular formula is C70H51B2N5. The molecule has 4 aliphatic heterocycles. The van der Waals surface area contributed by atoms with E-state index in [2.05, 4.69) is 288 Å². The molecule has 11 aromatic carbocycles. The Morgan fingerprint density at radius 1 is 0.247 bits per heavy atom. The lowest BCUT2D eigenvalue weighted by molar-refractivity contribution is 1.17. The molecule has 0 aliphatic carbocycles. The van der Waals surface area contributed by atoms with Crippen molar-refractivity contribution in [1.82, 2.24) is 4.57 Å². The molecule has 4 aliphatic rings. The zero-order chi connectivity index (χ0) is 51.2. The molecule has 0 radical (unpaired) electrons. The van der Waals surface area contributed by atoms with E-state index in [1.165, 1.54) is 122 Å². The number of benzene rings is 11. The Labute approximate surface area is 450 Å². The molecule has 0 unspecified atom stereocenters. The van der Waals surface area contributed by atoms with Crippen molar-refractivity contribution in [2.24, 2.45) is 0 Å². The van der Waals surface area contributed by atoms with Crippen LogP contribution in [0.25, 0.3) is 27.5 Å². The van der Waals surface area contributed by atoms with Crippen LogP contribution in [0.4, 0.5) is 68.2 Å². The Morgan fingerprint density at radius 2 is 0.571 bits per heavy atom. The molecule has 362 valence electrons. The van der Waals surface area contributed by atoms with Gasteiger partial charge in [0.15, 0.2) is 0 Å². The zero-order valence-corrected chi connectivity index (χ0v) is 43.4. The molecule has 5 nitrogen and oxygen atoms in total. The van der Waals surface area contributed by atoms with E-state index in [1.54, 1.807) is 0 Å². The number of hydrogen-bond donors (Lipinski definition) is 0. The van der Waals surface area contributed by atoms with Crippen molar-refractivity contribution in [3.63, 3.8) is 0 Å². The molecule has 16 rings (SSSR count). The Kier molecular flexibility index (Phi) is 9.42. The summed E-state index contributed by atoms with van der Waals surface area (Å²) in [7, 11) is 0. The van der Waals surface area contributed by atoms with E-state index in [0.29, 0.717) is 0 Å². The molecular weight excluding hydrogens is 932 g/mol. The molecule has 1 aromatic heterocycles. The van der Waals surface area contributed by atoms with Crippen LogP contribution in [0.2, 0.25) is 0 Å². The molecule has 12 aromatic rings. The maximum Gasteiger partial charge on any atom is 0.252 e. The highest BCUT2D eigenvalue weighted by Gasteiger charge is 2.46. The third kappa shape index (κ3) is 6.38. The second kappa shape index (κ2) is 16.5. The number of aryl methyl sites for hydroxylation is 4. The van der Waals surface area contributed by atoms with Crippen LogP contribution in [-0.2, 0) is 0 Å². The fourth-order valence-corrected chi connectivity index (χ4v) is 13.6. The Bertz CT molecular complexity index is 4140. The Hall–Kier alpha value is -9.45. The first-order valence-corrected chi connectivity index (χ1v) is 27.0. The maximum absolute atomic E-state index is 2.59. The van der Waals surface area contributed by atoms with Gasteiger partial charge in [-0.2, -0.15) is 0 Å². The number of anilines is 12. The summed E-state index contributed by atoms with van der Waals surface area (Å²) in [5.74, 6) is 0. The predicted octanol–water partition coefficient (Wildman–Crippen LogP) is 14.2. The molecule has 0 atom stereocenters. The van der Waals surface area contributed by atoms with Crippen LogP contribution >= 0.6 is 0 Å². The highest BCUT2D eigenvalue weighted by atomic mass is 15.2. The number of rotatable bonds is 5. The third-order valence-electron chi connectivity index (χ3n) is 16.9. The van der Waals surface area contributed by atoms with E-state index in [0.717, 1.165) is 28.4 Å². The van der Waals surface area contributed by atoms with Crippen molar-refractivity contribution in [2.75, 3.05) is 19.6 Å². The highest BCUT2D eigenvalue weighted by molar-refractivity contribution is 7.01. The van der Waals surface area contributed by atoms with Gasteiger partial charge in [-0.1, -0.05) is 150 Å². The van der Waals surface area contributed by atoms with Gasteiger partial charge in [0.2, 0.25) is 0 Å². The van der Waals surface area contributed by atoms with Crippen LogP contribution in [0.1, 0.15) is 22.3 Å². The Balaban J connectivity index is 1.02. The molecule has 7 heteroatoms. The van der Waals surface area contributed by atoms with Crippen molar-refractivity contribution in [2.45, 2.75) is 27.7 Å². The topological polar surface area (TPSA) is 17.9 Å². The molecule has 0 spiro atoms. The summed E-state index contributed by atoms with van der Waals surface area (Å²) >= 11 is 0. The standard InChI is InChI=1S/C70H51B2N5/c1-44-26-32-51(33-27-44)73-59-36-30-46(3)38-55(59)71-57-40-53-54-41-58-68(43-66(54)77(50-20-12-7-13-21-50)65(53)42-67(57)75(48-16-8-5-9-17-48)63-24-14-22-61(73)69(63)71)76(49-18-10-6-11-19-49)64-25-15-23-62-70(64)72(58)56-39-47(4)31-37-60(56)74(62)52-34-28-45(2)29-35-52/h5-43H,1-4H3. The normalized spacial score (nSPS) is 13.6. The number of aromatic nitrogens is 1. The number of hydrogen-bond acceptors (Lipinski definition) is 4. The van der Waals surface area contributed by atoms with E-state index in [4.69, 9.17) is 0 Å². The van der Waals surface area contributed by atoms with Gasteiger partial charge in [0.25, 0.3) is 13.4 Å². The molecule has 0 N–H and O–H groups in total. The highest BCUT2D eigenvalue weighted by Crippen LogP contribution is 2.49. The largest absolute Gasteiger partial charge is 0.311 e. The van der Waals surface area contributed by atoms with E-state index in [1.807, 2.05) is 0 Å². The fraction of sp³-hybridized carbons (Fsp3) is 0.0571. The summed E-state index contributed by atoms with van der Waals surface area (Å²) in [5, 5.41) is 2.47. The molecule has 0 saturated carbocycles. The summed E-state index contributed by atoms with van der Waals surface area (Å²) in [6.45, 7) is 8.75. The van der Waals surface area contributed by atoms with Crippen LogP contribution in [0, 0.1) is 27.7 Å². The fourth-order valence-electron chi connectivity index (χ4n) is 13.6. The predicted molar refractivity (Wildman–Crippen MR) is 328 cm³/mol. The second-order valence-electron chi connectivity index (χ2n) is 21.6. The van der Waals surface area contributed by atoms with Crippen LogP contribution < -0.4 is 52.4 Å². The first kappa shape index (κ1) is 43.9. The van der Waals surface area contributed by atoms with E-state index >= 15 is 0 Å². The maximum atomic E-state index is 2.59. The minimum atomic E-state index is -0.0334. The SMILES string of the molecule is Cc1ccc(N2c3ccc(C)cc3B3c4cc5c6cc7c(cc6n(-c6ccccc6)c5cc4N(c4ccccc4)c4cccc2c43)N(c2ccccc2)c2cccc3c2B7c2cc(C)ccc2N3c2ccc(C)cc2)cc1. The van der Waals surface area contributed by atoms with Gasteiger partial charge in [-0.3, -0.25) is 0 Å². The summed E-state index contributed by atoms with van der Waals surface area (Å²) in [6.07, 6.45) is 0. The number of fused-ring (bicyclic) bond motifs is 11. The first-order chi connectivity index (χ1) is 37.9. The van der Waals surface area contributed by atoms with E-state index in [9.17, 15) is 0 Å². The van der Waals surface area contributed by atoms with Crippen molar-refractivity contribution >= 4 is 136 Å². The lowest BCUT2D eigenvalue weighted by Crippen LogP contribution is -2.61. The van der Waals surface area contributed by atoms with Crippen molar-refractivity contribution in [3.05, 3.63) is 259 Å². The lowest BCUT2D eigenvalue weighted by Gasteiger charge is -2.44. The average Bonchev–Trinajstić information content (AvgIpc) is 3.97. The van der Waals surface area contributed by atoms with Gasteiger partial charge in [-0.05, 0) is 170 Å². The second-order valence-corrected chi connectivity index (χ2v) is 21.6. The van der Waals surface area contributed by atoms with Crippen molar-refractivity contribution in [1.29, 1.82) is 0 Å². The molecule has 77 heavy (non-hydrogen) atoms. The van der Waals surface area contributed by atoms with Crippen molar-refractivity contribution in [3.8, 4) is 5.69 Å². The van der Waals surface area contributed by atoms with Crippen LogP contribution in [-0.4, -0.2) is 18.0 Å². The zero-order valence-electron chi connectivity index (χ0n) is 43.4. The molecule has 5 heterocycles. The van der Waals surface area contributed by atoms with Gasteiger partial charge in [0.05, 0.1) is 11.0 Å². The minimum Gasteiger partial charge on any atom is -0.311 e. The van der Waals surface area contributed by atoms with E-state index in [-0.39, 0.29) is 13.4 Å². The van der Waals surface area contributed by atoms with Crippen LogP contribution in [0.15, 0.2) is 237 Å². The lowest BCUT2D eigenvalue weighted by atomic mass is 9.33. The first-order valence-electron chi connectivity index (χ1n) is 27.0. The quantitative estimate of drug-likeness (QED) is 0.160. The smallest absolute Gasteiger partial charge is 0.252 e. The van der Waals surface area contributed by atoms with Gasteiger partial charge in [-0.25, -0.2) is 0 Å². The van der Waals surface area contributed by atoms with Crippen LogP contribution in [0.3, 0.4) is 0 Å². The van der Waals surface area contributed by atoms with Crippen LogP contribution in [0.5, 0.6) is 0 Å². The molecule has 0 amide bonds. The monoisotopic (exact) mass is 983 g/mol. The molecule has 0 fully saturated rings. The number of para-hydroxylation sites is 3. The summed E-state index contributed by atoms with van der Waals surface area (Å²) in [4.78, 5) is 10.1. The van der Waals surface area contributed by atoms with Gasteiger partial charge in [0, 0.05) is 84.7 Å². The van der Waals surface area contributed by atoms with Gasteiger partial charge < -0.3 is 24.2 Å². The van der Waals surface area contributed by atoms with Gasteiger partial charge in [-0.15, -0.1) is 0 Å². The summed E-state index contributed by atoms with van der Waals surface area (Å²) < 4.78 is 2.53. The molecule has 0 saturated heterocycles. The summed E-state index contributed by atoms with van der Waals surface area (Å²) in [6, 6.07) is 89.3. The summed E-state index contributed by atoms with van der Waals surface area (Å²) in [5.41, 5.74) is 30.6. The third-order valence-corrected chi connectivity index (χ3v) is 16.9. The molecule has 0 bridgehead atoms. The van der Waals surface area contributed by atoms with Gasteiger partial charge >= 0.3 is 0 Å². The van der Waals surface area contributed by atoms with E-state index < -0.39 is 0 Å². The van der Waals surface area contributed by atoms with Gasteiger partial charge in [0.1, 0.15) is 0 Å². The average molecular weight is 984 g/mol. The Morgan fingerprint density at radius 3 is 0.961 bits per heavy atom. The number of nitrogens with zero attached hydrogens (tertiary/aromatic N) is 5. The minimum absolute atomic E-state index is 0.0334. The van der Waals surface area contributed by atoms with Crippen molar-refractivity contribution < 1.29 is 0 Å².